The third-order valence-electron chi connectivity index (χ3n) is 2.30. The second-order valence-corrected chi connectivity index (χ2v) is 3.76. The summed E-state index contributed by atoms with van der Waals surface area (Å²) >= 11 is 5.56. The smallest absolute Gasteiger partial charge is 0.144 e. The van der Waals surface area contributed by atoms with E-state index < -0.39 is 0 Å². The number of halogens is 1. The number of benzene rings is 1. The van der Waals surface area contributed by atoms with Crippen LogP contribution < -0.4 is 0 Å². The van der Waals surface area contributed by atoms with Crippen LogP contribution in [-0.4, -0.2) is 11.7 Å². The standard InChI is InChI=1S/C13H15ClO/c1-2-12(13(15)9-6-10-14)11-7-4-3-5-8-11/h2-5,7-8,12H,1,6,9-10H2. The highest BCUT2D eigenvalue weighted by atomic mass is 35.5. The Kier molecular flexibility index (Phi) is 5.13. The van der Waals surface area contributed by atoms with Gasteiger partial charge in [0, 0.05) is 12.3 Å². The van der Waals surface area contributed by atoms with Gasteiger partial charge in [-0.1, -0.05) is 36.4 Å². The van der Waals surface area contributed by atoms with Gasteiger partial charge in [-0.3, -0.25) is 4.79 Å². The molecule has 15 heavy (non-hydrogen) atoms. The normalized spacial score (nSPS) is 12.1. The quantitative estimate of drug-likeness (QED) is 0.532. The van der Waals surface area contributed by atoms with Crippen LogP contribution in [-0.2, 0) is 4.79 Å². The van der Waals surface area contributed by atoms with Crippen LogP contribution in [0.3, 0.4) is 0 Å². The van der Waals surface area contributed by atoms with Crippen LogP contribution in [0.5, 0.6) is 0 Å². The topological polar surface area (TPSA) is 17.1 Å². The summed E-state index contributed by atoms with van der Waals surface area (Å²) in [5.41, 5.74) is 1.01. The summed E-state index contributed by atoms with van der Waals surface area (Å²) in [5, 5.41) is 0. The van der Waals surface area contributed by atoms with Gasteiger partial charge in [0.1, 0.15) is 5.78 Å². The predicted octanol–water partition coefficient (Wildman–Crippen LogP) is 3.54. The molecule has 0 aromatic heterocycles. The van der Waals surface area contributed by atoms with Gasteiger partial charge in [0.2, 0.25) is 0 Å². The number of hydrogen-bond acceptors (Lipinski definition) is 1. The van der Waals surface area contributed by atoms with Gasteiger partial charge in [-0.25, -0.2) is 0 Å². The third-order valence-corrected chi connectivity index (χ3v) is 2.57. The molecule has 0 aliphatic rings. The molecule has 2 heteroatoms. The number of alkyl halides is 1. The molecule has 0 heterocycles. The molecule has 0 aliphatic carbocycles. The predicted molar refractivity (Wildman–Crippen MR) is 64.3 cm³/mol. The Morgan fingerprint density at radius 3 is 2.60 bits per heavy atom. The highest BCUT2D eigenvalue weighted by Gasteiger charge is 2.15. The van der Waals surface area contributed by atoms with Crippen LogP contribution in [0.25, 0.3) is 0 Å². The second-order valence-electron chi connectivity index (χ2n) is 3.38. The average molecular weight is 223 g/mol. The first-order chi connectivity index (χ1) is 7.29. The summed E-state index contributed by atoms with van der Waals surface area (Å²) in [7, 11) is 0. The molecule has 1 rings (SSSR count). The molecule has 1 atom stereocenters. The SMILES string of the molecule is C=CC(C(=O)CCCCl)c1ccccc1. The maximum absolute atomic E-state index is 11.8. The zero-order chi connectivity index (χ0) is 11.1. The summed E-state index contributed by atoms with van der Waals surface area (Å²) in [6.45, 7) is 3.71. The van der Waals surface area contributed by atoms with Gasteiger partial charge >= 0.3 is 0 Å². The van der Waals surface area contributed by atoms with Crippen LogP contribution in [0.1, 0.15) is 24.3 Å². The molecule has 1 unspecified atom stereocenters. The van der Waals surface area contributed by atoms with Crippen LogP contribution in [0.4, 0.5) is 0 Å². The van der Waals surface area contributed by atoms with Crippen molar-refractivity contribution in [2.75, 3.05) is 5.88 Å². The molecule has 80 valence electrons. The van der Waals surface area contributed by atoms with Gasteiger partial charge in [0.25, 0.3) is 0 Å². The monoisotopic (exact) mass is 222 g/mol. The maximum Gasteiger partial charge on any atom is 0.144 e. The van der Waals surface area contributed by atoms with E-state index >= 15 is 0 Å². The number of carbonyl (C=O) groups excluding carboxylic acids is 1. The lowest BCUT2D eigenvalue weighted by Crippen LogP contribution is -2.10. The highest BCUT2D eigenvalue weighted by molar-refractivity contribution is 6.17. The fourth-order valence-electron chi connectivity index (χ4n) is 1.51. The first-order valence-electron chi connectivity index (χ1n) is 5.05. The number of Topliss-reactive ketones (excluding diaryl/α,β-unsaturated/α-hetero) is 1. The summed E-state index contributed by atoms with van der Waals surface area (Å²) in [6.07, 6.45) is 2.96. The Morgan fingerprint density at radius 2 is 2.07 bits per heavy atom. The van der Waals surface area contributed by atoms with Crippen molar-refractivity contribution in [3.05, 3.63) is 48.6 Å². The minimum absolute atomic E-state index is 0.186. The van der Waals surface area contributed by atoms with Crippen LogP contribution in [0, 0.1) is 0 Å². The number of ketones is 1. The molecule has 0 radical (unpaired) electrons. The van der Waals surface area contributed by atoms with E-state index in [2.05, 4.69) is 6.58 Å². The fraction of sp³-hybridized carbons (Fsp3) is 0.308. The number of rotatable bonds is 6. The Bertz CT molecular complexity index is 319. The molecular formula is C13H15ClO. The molecule has 0 spiro atoms. The van der Waals surface area contributed by atoms with E-state index in [1.54, 1.807) is 6.08 Å². The first kappa shape index (κ1) is 12.0. The Morgan fingerprint density at radius 1 is 1.40 bits per heavy atom. The van der Waals surface area contributed by atoms with Crippen molar-refractivity contribution >= 4 is 17.4 Å². The number of carbonyl (C=O) groups is 1. The minimum Gasteiger partial charge on any atom is -0.299 e. The van der Waals surface area contributed by atoms with E-state index in [1.807, 2.05) is 30.3 Å². The zero-order valence-corrected chi connectivity index (χ0v) is 9.41. The summed E-state index contributed by atoms with van der Waals surface area (Å²) in [5.74, 6) is 0.538. The highest BCUT2D eigenvalue weighted by Crippen LogP contribution is 2.19. The lowest BCUT2D eigenvalue weighted by Gasteiger charge is -2.10. The first-order valence-corrected chi connectivity index (χ1v) is 5.59. The number of hydrogen-bond donors (Lipinski definition) is 0. The summed E-state index contributed by atoms with van der Waals surface area (Å²) in [4.78, 5) is 11.8. The third kappa shape index (κ3) is 3.52. The summed E-state index contributed by atoms with van der Waals surface area (Å²) in [6, 6.07) is 9.70. The van der Waals surface area contributed by atoms with E-state index in [4.69, 9.17) is 11.6 Å². The molecule has 0 amide bonds. The van der Waals surface area contributed by atoms with Crippen molar-refractivity contribution in [1.29, 1.82) is 0 Å². The fourth-order valence-corrected chi connectivity index (χ4v) is 1.64. The Balaban J connectivity index is 2.72. The molecule has 0 saturated heterocycles. The molecule has 1 nitrogen and oxygen atoms in total. The summed E-state index contributed by atoms with van der Waals surface area (Å²) < 4.78 is 0. The Labute approximate surface area is 95.8 Å². The molecule has 0 saturated carbocycles. The maximum atomic E-state index is 11.8. The van der Waals surface area contributed by atoms with Crippen LogP contribution in [0.2, 0.25) is 0 Å². The van der Waals surface area contributed by atoms with Crippen molar-refractivity contribution in [3.8, 4) is 0 Å². The van der Waals surface area contributed by atoms with E-state index in [1.165, 1.54) is 0 Å². The lowest BCUT2D eigenvalue weighted by molar-refractivity contribution is -0.119. The van der Waals surface area contributed by atoms with Crippen molar-refractivity contribution in [2.24, 2.45) is 0 Å². The van der Waals surface area contributed by atoms with Gasteiger partial charge in [0.05, 0.1) is 5.92 Å². The molecule has 1 aromatic carbocycles. The largest absolute Gasteiger partial charge is 0.299 e. The second kappa shape index (κ2) is 6.41. The van der Waals surface area contributed by atoms with Crippen molar-refractivity contribution in [1.82, 2.24) is 0 Å². The molecule has 1 aromatic rings. The lowest BCUT2D eigenvalue weighted by atomic mass is 9.93. The van der Waals surface area contributed by atoms with E-state index in [0.29, 0.717) is 12.3 Å². The van der Waals surface area contributed by atoms with E-state index in [9.17, 15) is 4.79 Å². The average Bonchev–Trinajstić information content (AvgIpc) is 2.29. The Hall–Kier alpha value is -1.08. The molecule has 0 aliphatic heterocycles. The van der Waals surface area contributed by atoms with Crippen molar-refractivity contribution < 1.29 is 4.79 Å². The van der Waals surface area contributed by atoms with Gasteiger partial charge in [0.15, 0.2) is 0 Å². The van der Waals surface area contributed by atoms with Gasteiger partial charge < -0.3 is 0 Å². The molecule has 0 fully saturated rings. The van der Waals surface area contributed by atoms with Gasteiger partial charge in [-0.05, 0) is 12.0 Å². The van der Waals surface area contributed by atoms with E-state index in [0.717, 1.165) is 12.0 Å². The van der Waals surface area contributed by atoms with Crippen molar-refractivity contribution in [3.63, 3.8) is 0 Å². The van der Waals surface area contributed by atoms with Crippen LogP contribution >= 0.6 is 11.6 Å². The number of allylic oxidation sites excluding steroid dienone is 1. The molecule has 0 bridgehead atoms. The van der Waals surface area contributed by atoms with E-state index in [-0.39, 0.29) is 11.7 Å². The van der Waals surface area contributed by atoms with Gasteiger partial charge in [-0.2, -0.15) is 0 Å². The molecular weight excluding hydrogens is 208 g/mol. The van der Waals surface area contributed by atoms with Crippen LogP contribution in [0.15, 0.2) is 43.0 Å². The molecule has 0 N–H and O–H groups in total. The minimum atomic E-state index is -0.186. The van der Waals surface area contributed by atoms with Gasteiger partial charge in [-0.15, -0.1) is 18.2 Å². The zero-order valence-electron chi connectivity index (χ0n) is 8.66. The van der Waals surface area contributed by atoms with Crippen molar-refractivity contribution in [2.45, 2.75) is 18.8 Å².